The molecule has 0 radical (unpaired) electrons. The number of nitrogens with zero attached hydrogens (tertiary/aromatic N) is 1. The van der Waals surface area contributed by atoms with Gasteiger partial charge in [0.15, 0.2) is 9.84 Å². The first kappa shape index (κ1) is 17.4. The van der Waals surface area contributed by atoms with Gasteiger partial charge in [0, 0.05) is 0 Å². The fraction of sp³-hybridized carbons (Fsp3) is 0.176. The van der Waals surface area contributed by atoms with E-state index in [-0.39, 0.29) is 4.90 Å². The zero-order valence-electron chi connectivity index (χ0n) is 13.5. The minimum atomic E-state index is -3.67. The molecule has 6 nitrogen and oxygen atoms in total. The molecule has 1 heterocycles. The van der Waals surface area contributed by atoms with Crippen molar-refractivity contribution in [1.29, 1.82) is 0 Å². The van der Waals surface area contributed by atoms with Crippen molar-refractivity contribution < 1.29 is 13.2 Å². The lowest BCUT2D eigenvalue weighted by Crippen LogP contribution is -2.34. The Balaban J connectivity index is 1.67. The van der Waals surface area contributed by atoms with Crippen LogP contribution in [-0.4, -0.2) is 25.1 Å². The van der Waals surface area contributed by atoms with Crippen molar-refractivity contribution in [2.45, 2.75) is 18.2 Å². The van der Waals surface area contributed by atoms with E-state index in [9.17, 15) is 13.2 Å². The largest absolute Gasteiger partial charge is 0.273 e. The smallest absolute Gasteiger partial charge is 0.253 e. The summed E-state index contributed by atoms with van der Waals surface area (Å²) in [6, 6.07) is 13.8. The Bertz CT molecular complexity index is 998. The fourth-order valence-electron chi connectivity index (χ4n) is 2.39. The predicted molar refractivity (Wildman–Crippen MR) is 99.3 cm³/mol. The molecule has 0 saturated carbocycles. The van der Waals surface area contributed by atoms with Gasteiger partial charge < -0.3 is 0 Å². The van der Waals surface area contributed by atoms with E-state index < -0.39 is 21.5 Å². The van der Waals surface area contributed by atoms with Crippen LogP contribution >= 0.6 is 11.3 Å². The van der Waals surface area contributed by atoms with Crippen LogP contribution in [0.3, 0.4) is 0 Å². The van der Waals surface area contributed by atoms with Gasteiger partial charge >= 0.3 is 0 Å². The summed E-state index contributed by atoms with van der Waals surface area (Å²) in [5, 5.41) is 0.515. The van der Waals surface area contributed by atoms with Crippen LogP contribution < -0.4 is 10.9 Å². The van der Waals surface area contributed by atoms with Crippen LogP contribution in [0.2, 0.25) is 0 Å². The van der Waals surface area contributed by atoms with Crippen LogP contribution in [-0.2, 0) is 21.1 Å². The lowest BCUT2D eigenvalue weighted by Gasteiger charge is -2.06. The number of hydrazine groups is 1. The monoisotopic (exact) mass is 375 g/mol. The summed E-state index contributed by atoms with van der Waals surface area (Å²) in [6.45, 7) is 2.05. The van der Waals surface area contributed by atoms with Crippen LogP contribution in [0.4, 0.5) is 5.13 Å². The molecular formula is C17H17N3O3S2. The highest BCUT2D eigenvalue weighted by Gasteiger charge is 2.19. The average Bonchev–Trinajstić information content (AvgIpc) is 3.03. The van der Waals surface area contributed by atoms with Crippen LogP contribution in [0, 0.1) is 0 Å². The SMILES string of the molecule is CCc1cccc2sc(NNC(=O)CS(=O)(=O)c3ccccc3)nc12. The van der Waals surface area contributed by atoms with E-state index in [1.807, 2.05) is 18.2 Å². The minimum absolute atomic E-state index is 0.123. The van der Waals surface area contributed by atoms with Crippen LogP contribution in [0.25, 0.3) is 10.2 Å². The van der Waals surface area contributed by atoms with Gasteiger partial charge in [0.05, 0.1) is 15.1 Å². The van der Waals surface area contributed by atoms with Gasteiger partial charge in [0.2, 0.25) is 5.13 Å². The Labute approximate surface area is 149 Å². The molecule has 0 aliphatic rings. The van der Waals surface area contributed by atoms with Gasteiger partial charge in [-0.15, -0.1) is 0 Å². The maximum atomic E-state index is 12.2. The number of carbonyl (C=O) groups is 1. The number of fused-ring (bicyclic) bond motifs is 1. The van der Waals surface area contributed by atoms with Crippen molar-refractivity contribution in [1.82, 2.24) is 10.4 Å². The molecule has 0 aliphatic carbocycles. The molecule has 2 N–H and O–H groups in total. The number of amides is 1. The van der Waals surface area contributed by atoms with E-state index in [4.69, 9.17) is 0 Å². The van der Waals surface area contributed by atoms with Gasteiger partial charge in [-0.25, -0.2) is 13.4 Å². The number of rotatable bonds is 6. The van der Waals surface area contributed by atoms with Crippen molar-refractivity contribution in [2.75, 3.05) is 11.2 Å². The molecule has 0 saturated heterocycles. The molecule has 1 amide bonds. The maximum absolute atomic E-state index is 12.2. The summed E-state index contributed by atoms with van der Waals surface area (Å²) in [6.07, 6.45) is 0.863. The van der Waals surface area contributed by atoms with Crippen molar-refractivity contribution in [3.05, 3.63) is 54.1 Å². The number of aryl methyl sites for hydroxylation is 1. The third kappa shape index (κ3) is 3.97. The Morgan fingerprint density at radius 2 is 1.88 bits per heavy atom. The third-order valence-corrected chi connectivity index (χ3v) is 6.18. The first-order valence-corrected chi connectivity index (χ1v) is 10.2. The van der Waals surface area contributed by atoms with Gasteiger partial charge in [0.1, 0.15) is 5.75 Å². The topological polar surface area (TPSA) is 88.2 Å². The van der Waals surface area contributed by atoms with E-state index in [1.165, 1.54) is 23.5 Å². The van der Waals surface area contributed by atoms with Gasteiger partial charge in [-0.3, -0.25) is 15.6 Å². The first-order chi connectivity index (χ1) is 12.0. The molecule has 2 aromatic carbocycles. The number of anilines is 1. The molecule has 130 valence electrons. The maximum Gasteiger partial charge on any atom is 0.253 e. The first-order valence-electron chi connectivity index (χ1n) is 7.70. The summed E-state index contributed by atoms with van der Waals surface area (Å²) in [5.41, 5.74) is 7.12. The zero-order valence-corrected chi connectivity index (χ0v) is 15.2. The fourth-order valence-corrected chi connectivity index (χ4v) is 4.41. The average molecular weight is 375 g/mol. The molecule has 1 aromatic heterocycles. The third-order valence-electron chi connectivity index (χ3n) is 3.62. The highest BCUT2D eigenvalue weighted by atomic mass is 32.2. The molecule has 0 fully saturated rings. The molecule has 3 aromatic rings. The van der Waals surface area contributed by atoms with E-state index >= 15 is 0 Å². The summed E-state index contributed by atoms with van der Waals surface area (Å²) in [5.74, 6) is -1.27. The number of hydrogen-bond acceptors (Lipinski definition) is 6. The van der Waals surface area contributed by atoms with Crippen molar-refractivity contribution in [3.63, 3.8) is 0 Å². The second-order valence-electron chi connectivity index (χ2n) is 5.38. The normalized spacial score (nSPS) is 11.4. The lowest BCUT2D eigenvalue weighted by molar-refractivity contribution is -0.118. The predicted octanol–water partition coefficient (Wildman–Crippen LogP) is 2.78. The number of hydrogen-bond donors (Lipinski definition) is 2. The number of benzene rings is 2. The minimum Gasteiger partial charge on any atom is -0.273 e. The number of para-hydroxylation sites is 1. The quantitative estimate of drug-likeness (QED) is 0.647. The number of nitrogens with one attached hydrogen (secondary N) is 2. The highest BCUT2D eigenvalue weighted by molar-refractivity contribution is 7.92. The molecule has 0 atom stereocenters. The van der Waals surface area contributed by atoms with Crippen molar-refractivity contribution in [2.24, 2.45) is 0 Å². The Morgan fingerprint density at radius 3 is 2.60 bits per heavy atom. The Morgan fingerprint density at radius 1 is 1.12 bits per heavy atom. The van der Waals surface area contributed by atoms with E-state index in [0.717, 1.165) is 22.2 Å². The van der Waals surface area contributed by atoms with Gasteiger partial charge in [0.25, 0.3) is 5.91 Å². The van der Waals surface area contributed by atoms with Gasteiger partial charge in [-0.1, -0.05) is 48.6 Å². The van der Waals surface area contributed by atoms with E-state index in [0.29, 0.717) is 5.13 Å². The number of aromatic nitrogens is 1. The Kier molecular flexibility index (Phi) is 5.00. The summed E-state index contributed by atoms with van der Waals surface area (Å²) in [4.78, 5) is 16.5. The molecule has 3 rings (SSSR count). The second-order valence-corrected chi connectivity index (χ2v) is 8.40. The highest BCUT2D eigenvalue weighted by Crippen LogP contribution is 2.28. The molecule has 8 heteroatoms. The molecule has 0 spiro atoms. The second kappa shape index (κ2) is 7.20. The van der Waals surface area contributed by atoms with Gasteiger partial charge in [-0.2, -0.15) is 0 Å². The number of carbonyl (C=O) groups excluding carboxylic acids is 1. The van der Waals surface area contributed by atoms with Crippen molar-refractivity contribution in [3.8, 4) is 0 Å². The molecule has 0 unspecified atom stereocenters. The van der Waals surface area contributed by atoms with E-state index in [2.05, 4.69) is 22.8 Å². The van der Waals surface area contributed by atoms with E-state index in [1.54, 1.807) is 18.2 Å². The molecular weight excluding hydrogens is 358 g/mol. The summed E-state index contributed by atoms with van der Waals surface area (Å²) in [7, 11) is -3.67. The zero-order chi connectivity index (χ0) is 17.9. The summed E-state index contributed by atoms with van der Waals surface area (Å²) < 4.78 is 25.4. The van der Waals surface area contributed by atoms with Crippen molar-refractivity contribution >= 4 is 42.4 Å². The molecule has 25 heavy (non-hydrogen) atoms. The summed E-state index contributed by atoms with van der Waals surface area (Å²) >= 11 is 1.40. The standard InChI is InChI=1S/C17H17N3O3S2/c1-2-12-7-6-10-14-16(12)18-17(24-14)20-19-15(21)11-25(22,23)13-8-4-3-5-9-13/h3-10H,2,11H2,1H3,(H,18,20)(H,19,21). The van der Waals surface area contributed by atoms with Crippen LogP contribution in [0.15, 0.2) is 53.4 Å². The molecule has 0 bridgehead atoms. The lowest BCUT2D eigenvalue weighted by atomic mass is 10.1. The molecule has 0 aliphatic heterocycles. The van der Waals surface area contributed by atoms with Crippen LogP contribution in [0.5, 0.6) is 0 Å². The number of thiazole rings is 1. The number of sulfone groups is 1. The van der Waals surface area contributed by atoms with Gasteiger partial charge in [-0.05, 0) is 30.2 Å². The van der Waals surface area contributed by atoms with Crippen LogP contribution in [0.1, 0.15) is 12.5 Å². The Hall–Kier alpha value is -2.45.